The maximum absolute atomic E-state index is 12.4. The van der Waals surface area contributed by atoms with Crippen LogP contribution in [0.4, 0.5) is 0 Å². The van der Waals surface area contributed by atoms with Crippen LogP contribution in [0.5, 0.6) is 0 Å². The quantitative estimate of drug-likeness (QED) is 0.711. The van der Waals surface area contributed by atoms with Gasteiger partial charge < -0.3 is 9.73 Å². The molecular weight excluding hydrogens is 358 g/mol. The third kappa shape index (κ3) is 4.18. The molecule has 0 spiro atoms. The van der Waals surface area contributed by atoms with Gasteiger partial charge in [-0.2, -0.15) is 0 Å². The summed E-state index contributed by atoms with van der Waals surface area (Å²) < 4.78 is 30.1. The van der Waals surface area contributed by atoms with Gasteiger partial charge in [0.05, 0.1) is 10.9 Å². The number of hydrogen-bond donors (Lipinski definition) is 1. The normalized spacial score (nSPS) is 12.7. The van der Waals surface area contributed by atoms with Gasteiger partial charge in [0.25, 0.3) is 5.91 Å². The van der Waals surface area contributed by atoms with Crippen LogP contribution in [0.3, 0.4) is 0 Å². The number of benzene rings is 1. The number of thiophene rings is 1. The Hall–Kier alpha value is -2.38. The van der Waals surface area contributed by atoms with Crippen molar-refractivity contribution in [1.82, 2.24) is 5.32 Å². The first-order chi connectivity index (χ1) is 12.0. The van der Waals surface area contributed by atoms with Crippen molar-refractivity contribution in [3.05, 3.63) is 76.4 Å². The zero-order chi connectivity index (χ0) is 17.9. The van der Waals surface area contributed by atoms with E-state index in [0.717, 1.165) is 4.88 Å². The SMILES string of the molecule is C[C@@H](NC(=O)c1ccc(CS(=O)(=O)c2ccccc2)o1)c1cccs1. The lowest BCUT2D eigenvalue weighted by atomic mass is 10.2. The summed E-state index contributed by atoms with van der Waals surface area (Å²) in [5, 5.41) is 4.78. The molecule has 0 unspecified atom stereocenters. The summed E-state index contributed by atoms with van der Waals surface area (Å²) in [6.45, 7) is 1.88. The molecule has 0 bridgehead atoms. The van der Waals surface area contributed by atoms with Crippen LogP contribution < -0.4 is 5.32 Å². The minimum absolute atomic E-state index is 0.0988. The van der Waals surface area contributed by atoms with Gasteiger partial charge in [-0.25, -0.2) is 8.42 Å². The maximum atomic E-state index is 12.4. The van der Waals surface area contributed by atoms with E-state index in [9.17, 15) is 13.2 Å². The third-order valence-corrected chi connectivity index (χ3v) is 6.35. The zero-order valence-corrected chi connectivity index (χ0v) is 15.1. The van der Waals surface area contributed by atoms with Crippen LogP contribution in [-0.2, 0) is 15.6 Å². The Bertz CT molecular complexity index is 944. The lowest BCUT2D eigenvalue weighted by Gasteiger charge is -2.10. The third-order valence-electron chi connectivity index (χ3n) is 3.64. The molecule has 0 aliphatic carbocycles. The molecule has 25 heavy (non-hydrogen) atoms. The summed E-state index contributed by atoms with van der Waals surface area (Å²) in [6.07, 6.45) is 0. The van der Waals surface area contributed by atoms with Crippen LogP contribution in [0.2, 0.25) is 0 Å². The van der Waals surface area contributed by atoms with Crippen LogP contribution in [0.25, 0.3) is 0 Å². The van der Waals surface area contributed by atoms with Crippen molar-refractivity contribution in [3.63, 3.8) is 0 Å². The number of nitrogens with one attached hydrogen (secondary N) is 1. The standard InChI is InChI=1S/C18H17NO4S2/c1-13(17-8-5-11-24-17)19-18(20)16-10-9-14(23-16)12-25(21,22)15-6-3-2-4-7-15/h2-11,13H,12H2,1H3,(H,19,20)/t13-/m1/s1. The van der Waals surface area contributed by atoms with Gasteiger partial charge in [0.1, 0.15) is 11.5 Å². The van der Waals surface area contributed by atoms with E-state index in [1.807, 2.05) is 24.4 Å². The molecule has 3 aromatic rings. The Labute approximate surface area is 150 Å². The molecule has 1 amide bonds. The number of carbonyl (C=O) groups excluding carboxylic acids is 1. The number of sulfone groups is 1. The highest BCUT2D eigenvalue weighted by Gasteiger charge is 2.20. The van der Waals surface area contributed by atoms with E-state index < -0.39 is 9.84 Å². The Morgan fingerprint density at radius 3 is 2.56 bits per heavy atom. The fourth-order valence-electron chi connectivity index (χ4n) is 2.35. The fraction of sp³-hybridized carbons (Fsp3) is 0.167. The summed E-state index contributed by atoms with van der Waals surface area (Å²) in [5.74, 6) is -0.325. The molecule has 1 atom stereocenters. The van der Waals surface area contributed by atoms with Crippen molar-refractivity contribution in [2.24, 2.45) is 0 Å². The highest BCUT2D eigenvalue weighted by atomic mass is 32.2. The summed E-state index contributed by atoms with van der Waals surface area (Å²) in [4.78, 5) is 13.5. The molecule has 0 fully saturated rings. The smallest absolute Gasteiger partial charge is 0.287 e. The number of amides is 1. The van der Waals surface area contributed by atoms with E-state index in [1.165, 1.54) is 24.3 Å². The predicted octanol–water partition coefficient (Wildman–Crippen LogP) is 3.81. The Kier molecular flexibility index (Phi) is 5.06. The first-order valence-corrected chi connectivity index (χ1v) is 10.2. The first kappa shape index (κ1) is 17.4. The fourth-order valence-corrected chi connectivity index (χ4v) is 4.36. The Morgan fingerprint density at radius 2 is 1.88 bits per heavy atom. The molecule has 0 radical (unpaired) electrons. The topological polar surface area (TPSA) is 76.4 Å². The van der Waals surface area contributed by atoms with Crippen molar-refractivity contribution >= 4 is 27.1 Å². The average Bonchev–Trinajstić information content (AvgIpc) is 3.27. The number of hydrogen-bond acceptors (Lipinski definition) is 5. The molecule has 0 aliphatic rings. The van der Waals surface area contributed by atoms with Gasteiger partial charge in [-0.3, -0.25) is 4.79 Å². The maximum Gasteiger partial charge on any atom is 0.287 e. The molecule has 0 saturated carbocycles. The van der Waals surface area contributed by atoms with E-state index in [1.54, 1.807) is 29.5 Å². The van der Waals surface area contributed by atoms with Gasteiger partial charge in [0.15, 0.2) is 15.6 Å². The van der Waals surface area contributed by atoms with Gasteiger partial charge in [-0.1, -0.05) is 24.3 Å². The van der Waals surface area contributed by atoms with Crippen molar-refractivity contribution in [3.8, 4) is 0 Å². The first-order valence-electron chi connectivity index (χ1n) is 7.66. The minimum Gasteiger partial charge on any atom is -0.455 e. The number of carbonyl (C=O) groups is 1. The van der Waals surface area contributed by atoms with Crippen molar-refractivity contribution in [2.45, 2.75) is 23.6 Å². The number of furan rings is 1. The molecule has 1 aromatic carbocycles. The van der Waals surface area contributed by atoms with Gasteiger partial charge in [0, 0.05) is 4.88 Å². The molecule has 5 nitrogen and oxygen atoms in total. The van der Waals surface area contributed by atoms with Gasteiger partial charge >= 0.3 is 0 Å². The summed E-state index contributed by atoms with van der Waals surface area (Å²) in [7, 11) is -3.51. The highest BCUT2D eigenvalue weighted by Crippen LogP contribution is 2.20. The molecule has 7 heteroatoms. The minimum atomic E-state index is -3.51. The summed E-state index contributed by atoms with van der Waals surface area (Å²) in [6, 6.07) is 14.9. The van der Waals surface area contributed by atoms with Gasteiger partial charge in [0.2, 0.25) is 0 Å². The van der Waals surface area contributed by atoms with E-state index in [2.05, 4.69) is 5.32 Å². The number of rotatable bonds is 6. The monoisotopic (exact) mass is 375 g/mol. The van der Waals surface area contributed by atoms with Crippen LogP contribution in [0.15, 0.2) is 69.3 Å². The second-order valence-corrected chi connectivity index (χ2v) is 8.52. The zero-order valence-electron chi connectivity index (χ0n) is 13.5. The van der Waals surface area contributed by atoms with E-state index in [0.29, 0.717) is 0 Å². The molecule has 0 aliphatic heterocycles. The summed E-state index contributed by atoms with van der Waals surface area (Å²) >= 11 is 1.55. The lowest BCUT2D eigenvalue weighted by Crippen LogP contribution is -2.25. The lowest BCUT2D eigenvalue weighted by molar-refractivity contribution is 0.0911. The van der Waals surface area contributed by atoms with Crippen LogP contribution >= 0.6 is 11.3 Å². The average molecular weight is 375 g/mol. The predicted molar refractivity (Wildman–Crippen MR) is 96.2 cm³/mol. The molecule has 2 aromatic heterocycles. The van der Waals surface area contributed by atoms with Crippen LogP contribution in [0, 0.1) is 0 Å². The van der Waals surface area contributed by atoms with Crippen LogP contribution in [0.1, 0.15) is 34.2 Å². The largest absolute Gasteiger partial charge is 0.455 e. The Balaban J connectivity index is 1.69. The second-order valence-electron chi connectivity index (χ2n) is 5.55. The molecule has 2 heterocycles. The molecule has 130 valence electrons. The van der Waals surface area contributed by atoms with Crippen molar-refractivity contribution in [1.29, 1.82) is 0 Å². The molecule has 0 saturated heterocycles. The van der Waals surface area contributed by atoms with Gasteiger partial charge in [-0.15, -0.1) is 11.3 Å². The highest BCUT2D eigenvalue weighted by molar-refractivity contribution is 7.90. The molecule has 1 N–H and O–H groups in total. The van der Waals surface area contributed by atoms with Crippen molar-refractivity contribution in [2.75, 3.05) is 0 Å². The Morgan fingerprint density at radius 1 is 1.12 bits per heavy atom. The van der Waals surface area contributed by atoms with E-state index in [4.69, 9.17) is 4.42 Å². The van der Waals surface area contributed by atoms with E-state index >= 15 is 0 Å². The second kappa shape index (κ2) is 7.25. The molecule has 3 rings (SSSR count). The van der Waals surface area contributed by atoms with Crippen LogP contribution in [-0.4, -0.2) is 14.3 Å². The summed E-state index contributed by atoms with van der Waals surface area (Å²) in [5.41, 5.74) is 0. The van der Waals surface area contributed by atoms with Crippen molar-refractivity contribution < 1.29 is 17.6 Å². The molecular formula is C18H17NO4S2. The van der Waals surface area contributed by atoms with Gasteiger partial charge in [-0.05, 0) is 42.6 Å². The van der Waals surface area contributed by atoms with E-state index in [-0.39, 0.29) is 34.1 Å².